The van der Waals surface area contributed by atoms with Gasteiger partial charge in [0.25, 0.3) is 0 Å². The van der Waals surface area contributed by atoms with Crippen LogP contribution >= 0.6 is 0 Å². The summed E-state index contributed by atoms with van der Waals surface area (Å²) >= 11 is 0. The highest BCUT2D eigenvalue weighted by Gasteiger charge is 2.42. The van der Waals surface area contributed by atoms with Gasteiger partial charge in [-0.25, -0.2) is 8.42 Å². The lowest BCUT2D eigenvalue weighted by molar-refractivity contribution is -0.139. The molecule has 3 heterocycles. The lowest BCUT2D eigenvalue weighted by atomic mass is 9.82. The summed E-state index contributed by atoms with van der Waals surface area (Å²) in [4.78, 5) is 14.2. The quantitative estimate of drug-likeness (QED) is 0.170. The van der Waals surface area contributed by atoms with Gasteiger partial charge in [-0.3, -0.25) is 9.10 Å². The van der Waals surface area contributed by atoms with E-state index in [1.165, 1.54) is 17.4 Å². The largest absolute Gasteiger partial charge is 0.493 e. The van der Waals surface area contributed by atoms with Crippen molar-refractivity contribution in [1.29, 1.82) is 0 Å². The molecule has 6 rings (SSSR count). The van der Waals surface area contributed by atoms with E-state index < -0.39 is 38.5 Å². The number of carbonyl (C=O) groups excluding carboxylic acids is 1. The summed E-state index contributed by atoms with van der Waals surface area (Å²) in [6.45, 7) is 5.87. The van der Waals surface area contributed by atoms with Crippen LogP contribution in [0.1, 0.15) is 85.0 Å². The number of fused-ring (bicyclic) bond motifs is 1. The van der Waals surface area contributed by atoms with E-state index in [-0.39, 0.29) is 43.4 Å². The molecule has 7 nitrogen and oxygen atoms in total. The fraction of sp³-hybridized carbons (Fsp3) is 0.447. The Morgan fingerprint density at radius 3 is 2.53 bits per heavy atom. The third-order valence-corrected chi connectivity index (χ3v) is 12.8. The predicted octanol–water partition coefficient (Wildman–Crippen LogP) is 7.92. The summed E-state index contributed by atoms with van der Waals surface area (Å²) in [5, 5.41) is 12.5. The van der Waals surface area contributed by atoms with Crippen molar-refractivity contribution in [2.75, 3.05) is 18.0 Å². The number of hydrogen-bond acceptors (Lipinski definition) is 5. The van der Waals surface area contributed by atoms with E-state index in [4.69, 9.17) is 4.74 Å². The van der Waals surface area contributed by atoms with Crippen molar-refractivity contribution in [3.63, 3.8) is 0 Å². The summed E-state index contributed by atoms with van der Waals surface area (Å²) in [6, 6.07) is 17.1. The zero-order valence-electron chi connectivity index (χ0n) is 28.3. The van der Waals surface area contributed by atoms with Crippen molar-refractivity contribution in [3.8, 4) is 5.75 Å². The van der Waals surface area contributed by atoms with Crippen molar-refractivity contribution in [2.45, 2.75) is 88.8 Å². The summed E-state index contributed by atoms with van der Waals surface area (Å²) in [5.74, 6) is -1.07. The first-order chi connectivity index (χ1) is 23.1. The number of rotatable bonds is 10. The minimum Gasteiger partial charge on any atom is -0.493 e. The standard InChI is InChI=1S/C38H43F3N2O5S/c1-5-25-22-43-23-37(2,3)49(46,47)42(4)32-20-28(19-30(25)35(32)43)34(45)21-27(18-24-10-7-6-8-11-24)33(44)15-14-26-16-17-48-36-29(26)12-9-13-31(36)38(39,40)41/h6-13,19-20,22,26-27,33,44H,5,14-18,21,23H2,1-4H3/t26-,27-,33-/m1/s1. The van der Waals surface area contributed by atoms with Crippen LogP contribution < -0.4 is 9.04 Å². The number of sulfonamides is 1. The third kappa shape index (κ3) is 6.59. The summed E-state index contributed by atoms with van der Waals surface area (Å²) < 4.78 is 76.1. The number of benzene rings is 3. The van der Waals surface area contributed by atoms with Gasteiger partial charge >= 0.3 is 6.18 Å². The molecule has 0 spiro atoms. The molecule has 3 atom stereocenters. The summed E-state index contributed by atoms with van der Waals surface area (Å²) in [7, 11) is -2.23. The smallest absolute Gasteiger partial charge is 0.419 e. The minimum atomic E-state index is -4.54. The number of aliphatic hydroxyl groups is 1. The fourth-order valence-corrected chi connectivity index (χ4v) is 8.97. The monoisotopic (exact) mass is 696 g/mol. The second-order valence-corrected chi connectivity index (χ2v) is 16.6. The molecule has 2 aliphatic heterocycles. The molecular weight excluding hydrogens is 653 g/mol. The second kappa shape index (κ2) is 13.1. The van der Waals surface area contributed by atoms with E-state index in [0.717, 1.165) is 28.1 Å². The van der Waals surface area contributed by atoms with Gasteiger partial charge in [0.15, 0.2) is 5.78 Å². The molecule has 0 radical (unpaired) electrons. The molecule has 0 fully saturated rings. The molecular formula is C38H43F3N2O5S. The number of nitrogens with zero attached hydrogens (tertiary/aromatic N) is 2. The SMILES string of the molecule is CCc1cn2c3c(cc(C(=O)C[C@@H](Cc4ccccc4)[C@H](O)CC[C@@H]4CCOc5c4cccc5C(F)(F)F)cc13)N(C)S(=O)(=O)C(C)(C)C2. The molecule has 4 aromatic rings. The lowest BCUT2D eigenvalue weighted by Gasteiger charge is -2.30. The van der Waals surface area contributed by atoms with Gasteiger partial charge in [-0.2, -0.15) is 13.2 Å². The van der Waals surface area contributed by atoms with Crippen LogP contribution in [0.5, 0.6) is 5.75 Å². The zero-order valence-corrected chi connectivity index (χ0v) is 29.1. The first-order valence-electron chi connectivity index (χ1n) is 16.8. The van der Waals surface area contributed by atoms with Crippen LogP contribution in [0.25, 0.3) is 10.9 Å². The highest BCUT2D eigenvalue weighted by molar-refractivity contribution is 7.94. The Balaban J connectivity index is 1.29. The van der Waals surface area contributed by atoms with E-state index in [2.05, 4.69) is 0 Å². The molecule has 0 aliphatic carbocycles. The predicted molar refractivity (Wildman–Crippen MR) is 185 cm³/mol. The van der Waals surface area contributed by atoms with E-state index >= 15 is 0 Å². The van der Waals surface area contributed by atoms with Crippen LogP contribution in [-0.4, -0.2) is 48.4 Å². The number of ether oxygens (including phenoxy) is 1. The molecule has 0 amide bonds. The highest BCUT2D eigenvalue weighted by Crippen LogP contribution is 2.45. The Bertz CT molecular complexity index is 1970. The molecule has 0 saturated heterocycles. The van der Waals surface area contributed by atoms with Crippen LogP contribution in [0.3, 0.4) is 0 Å². The summed E-state index contributed by atoms with van der Waals surface area (Å²) in [5.41, 5.74) is 3.26. The van der Waals surface area contributed by atoms with Crippen molar-refractivity contribution in [2.24, 2.45) is 5.92 Å². The molecule has 0 saturated carbocycles. The normalized spacial score (nSPS) is 19.5. The maximum absolute atomic E-state index is 14.2. The lowest BCUT2D eigenvalue weighted by Crippen LogP contribution is -2.44. The fourth-order valence-electron chi connectivity index (χ4n) is 7.53. The number of alkyl halides is 3. The molecule has 2 aliphatic rings. The maximum atomic E-state index is 14.2. The van der Waals surface area contributed by atoms with E-state index in [9.17, 15) is 31.5 Å². The Labute approximate surface area is 285 Å². The van der Waals surface area contributed by atoms with Gasteiger partial charge in [-0.15, -0.1) is 0 Å². The van der Waals surface area contributed by atoms with Crippen molar-refractivity contribution < 1.29 is 36.2 Å². The maximum Gasteiger partial charge on any atom is 0.419 e. The number of aromatic nitrogens is 1. The number of hydrogen-bond donors (Lipinski definition) is 1. The van der Waals surface area contributed by atoms with Gasteiger partial charge in [0.2, 0.25) is 10.0 Å². The Hall–Kier alpha value is -3.83. The van der Waals surface area contributed by atoms with Crippen LogP contribution in [0, 0.1) is 5.92 Å². The third-order valence-electron chi connectivity index (χ3n) is 10.3. The van der Waals surface area contributed by atoms with Gasteiger partial charge in [0, 0.05) is 37.2 Å². The van der Waals surface area contributed by atoms with Crippen molar-refractivity contribution in [3.05, 3.63) is 94.7 Å². The Morgan fingerprint density at radius 2 is 1.84 bits per heavy atom. The van der Waals surface area contributed by atoms with E-state index in [1.807, 2.05) is 54.1 Å². The number of anilines is 1. The van der Waals surface area contributed by atoms with Crippen molar-refractivity contribution >= 4 is 32.4 Å². The number of Topliss-reactive ketones (excluding diaryl/α,β-unsaturated/α-hetero) is 1. The van der Waals surface area contributed by atoms with Gasteiger partial charge < -0.3 is 14.4 Å². The van der Waals surface area contributed by atoms with Crippen LogP contribution in [0.4, 0.5) is 18.9 Å². The van der Waals surface area contributed by atoms with Gasteiger partial charge in [0.05, 0.1) is 29.5 Å². The highest BCUT2D eigenvalue weighted by atomic mass is 32.2. The van der Waals surface area contributed by atoms with Crippen molar-refractivity contribution in [1.82, 2.24) is 4.57 Å². The van der Waals surface area contributed by atoms with E-state index in [1.54, 1.807) is 26.0 Å². The first kappa shape index (κ1) is 35.0. The van der Waals surface area contributed by atoms with E-state index in [0.29, 0.717) is 42.5 Å². The molecule has 1 N–H and O–H groups in total. The number of carbonyl (C=O) groups is 1. The second-order valence-electron chi connectivity index (χ2n) is 14.0. The first-order valence-corrected chi connectivity index (χ1v) is 18.3. The topological polar surface area (TPSA) is 88.8 Å². The van der Waals surface area contributed by atoms with Gasteiger partial charge in [0.1, 0.15) is 10.5 Å². The van der Waals surface area contributed by atoms with Crippen LogP contribution in [0.15, 0.2) is 66.9 Å². The number of aliphatic hydroxyl groups excluding tert-OH is 1. The average molecular weight is 697 g/mol. The molecule has 1 aromatic heterocycles. The molecule has 0 unspecified atom stereocenters. The Kier molecular flexibility index (Phi) is 9.38. The zero-order chi connectivity index (χ0) is 35.3. The summed E-state index contributed by atoms with van der Waals surface area (Å²) in [6.07, 6.45) is -1.10. The number of ketones is 1. The number of halogens is 3. The average Bonchev–Trinajstić information content (AvgIpc) is 3.39. The molecule has 262 valence electrons. The number of aryl methyl sites for hydroxylation is 1. The molecule has 3 aromatic carbocycles. The van der Waals surface area contributed by atoms with Gasteiger partial charge in [-0.1, -0.05) is 49.4 Å². The molecule has 0 bridgehead atoms. The van der Waals surface area contributed by atoms with Gasteiger partial charge in [-0.05, 0) is 92.7 Å². The minimum absolute atomic E-state index is 0.00766. The molecule has 49 heavy (non-hydrogen) atoms. The van der Waals surface area contributed by atoms with Crippen LogP contribution in [0.2, 0.25) is 0 Å². The molecule has 11 heteroatoms. The Morgan fingerprint density at radius 1 is 1.10 bits per heavy atom. The number of para-hydroxylation sites is 1. The van der Waals surface area contributed by atoms with Crippen LogP contribution in [-0.2, 0) is 35.6 Å².